The molecule has 88 valence electrons. The molecule has 0 bridgehead atoms. The van der Waals surface area contributed by atoms with Crippen LogP contribution in [0.4, 0.5) is 4.79 Å². The highest BCUT2D eigenvalue weighted by Gasteiger charge is 2.34. The van der Waals surface area contributed by atoms with E-state index in [-0.39, 0.29) is 11.4 Å². The molecule has 2 heterocycles. The van der Waals surface area contributed by atoms with Gasteiger partial charge in [-0.15, -0.1) is 11.3 Å². The number of aryl methyl sites for hydroxylation is 1. The van der Waals surface area contributed by atoms with Crippen LogP contribution in [0.1, 0.15) is 4.88 Å². The largest absolute Gasteiger partial charge is 0.335 e. The molecule has 1 aromatic rings. The summed E-state index contributed by atoms with van der Waals surface area (Å²) in [6, 6.07) is 0.975. The van der Waals surface area contributed by atoms with Crippen LogP contribution in [0.25, 0.3) is 0 Å². The van der Waals surface area contributed by atoms with Crippen molar-refractivity contribution in [2.24, 2.45) is 0 Å². The molecule has 0 atom stereocenters. The highest BCUT2D eigenvalue weighted by atomic mass is 79.9. The molecule has 0 aromatic carbocycles. The molecule has 5 nitrogen and oxygen atoms in total. The second-order valence-electron chi connectivity index (χ2n) is 3.28. The monoisotopic (exact) mass is 324 g/mol. The Kier molecular flexibility index (Phi) is 2.97. The molecule has 2 rings (SSSR count). The van der Waals surface area contributed by atoms with Crippen LogP contribution in [0.2, 0.25) is 0 Å². The van der Waals surface area contributed by atoms with Gasteiger partial charge in [-0.2, -0.15) is 0 Å². The second-order valence-corrected chi connectivity index (χ2v) is 7.75. The number of halogens is 1. The van der Waals surface area contributed by atoms with Crippen LogP contribution in [0.15, 0.2) is 14.7 Å². The van der Waals surface area contributed by atoms with E-state index < -0.39 is 16.1 Å². The van der Waals surface area contributed by atoms with E-state index in [1.54, 1.807) is 6.92 Å². The Morgan fingerprint density at radius 2 is 2.25 bits per heavy atom. The minimum Gasteiger partial charge on any atom is -0.335 e. The molecule has 0 saturated carbocycles. The van der Waals surface area contributed by atoms with Gasteiger partial charge in [-0.3, -0.25) is 0 Å². The fraction of sp³-hybridized carbons (Fsp3) is 0.375. The minimum absolute atomic E-state index is 0.189. The zero-order valence-corrected chi connectivity index (χ0v) is 11.6. The number of nitrogens with zero attached hydrogens (tertiary/aromatic N) is 1. The Hall–Kier alpha value is -0.600. The Morgan fingerprint density at radius 3 is 2.69 bits per heavy atom. The number of carbonyl (C=O) groups excluding carboxylic acids is 1. The Labute approximate surface area is 106 Å². The van der Waals surface area contributed by atoms with Crippen molar-refractivity contribution in [2.75, 3.05) is 13.1 Å². The summed E-state index contributed by atoms with van der Waals surface area (Å²) in [4.78, 5) is 12.2. The number of amides is 2. The van der Waals surface area contributed by atoms with Gasteiger partial charge >= 0.3 is 6.03 Å². The van der Waals surface area contributed by atoms with E-state index in [1.807, 2.05) is 0 Å². The number of hydrogen-bond acceptors (Lipinski definition) is 4. The number of rotatable bonds is 2. The smallest absolute Gasteiger partial charge is 0.331 e. The molecular formula is C8H9BrN2O3S2. The van der Waals surface area contributed by atoms with E-state index in [9.17, 15) is 13.2 Å². The summed E-state index contributed by atoms with van der Waals surface area (Å²) in [7, 11) is -3.70. The normalized spacial score (nSPS) is 16.6. The minimum atomic E-state index is -3.70. The standard InChI is InChI=1S/C8H9BrN2O3S2/c1-5-6(4-7(9)15-5)16(13,14)11-3-2-10-8(11)12/h4H,2-3H2,1H3,(H,10,12). The molecule has 0 aliphatic carbocycles. The Morgan fingerprint density at radius 1 is 1.56 bits per heavy atom. The van der Waals surface area contributed by atoms with Gasteiger partial charge in [-0.1, -0.05) is 0 Å². The number of urea groups is 1. The summed E-state index contributed by atoms with van der Waals surface area (Å²) in [5, 5.41) is 2.47. The number of thiophene rings is 1. The summed E-state index contributed by atoms with van der Waals surface area (Å²) < 4.78 is 25.9. The lowest BCUT2D eigenvalue weighted by molar-refractivity contribution is 0.236. The van der Waals surface area contributed by atoms with Gasteiger partial charge in [-0.05, 0) is 28.9 Å². The van der Waals surface area contributed by atoms with E-state index in [1.165, 1.54) is 17.4 Å². The first kappa shape index (κ1) is 11.9. The van der Waals surface area contributed by atoms with Crippen molar-refractivity contribution in [2.45, 2.75) is 11.8 Å². The Balaban J connectivity index is 2.46. The van der Waals surface area contributed by atoms with Crippen molar-refractivity contribution < 1.29 is 13.2 Å². The van der Waals surface area contributed by atoms with Crippen LogP contribution in [0.5, 0.6) is 0 Å². The lowest BCUT2D eigenvalue weighted by atomic mass is 10.5. The van der Waals surface area contributed by atoms with Crippen LogP contribution in [-0.2, 0) is 10.0 Å². The molecule has 0 spiro atoms. The lowest BCUT2D eigenvalue weighted by Crippen LogP contribution is -2.34. The molecule has 8 heteroatoms. The fourth-order valence-electron chi connectivity index (χ4n) is 1.49. The highest BCUT2D eigenvalue weighted by Crippen LogP contribution is 2.31. The van der Waals surface area contributed by atoms with Crippen LogP contribution in [-0.4, -0.2) is 31.8 Å². The highest BCUT2D eigenvalue weighted by molar-refractivity contribution is 9.11. The van der Waals surface area contributed by atoms with E-state index in [4.69, 9.17) is 0 Å². The zero-order valence-electron chi connectivity index (χ0n) is 8.36. The van der Waals surface area contributed by atoms with E-state index in [2.05, 4.69) is 21.2 Å². The molecule has 0 unspecified atom stereocenters. The summed E-state index contributed by atoms with van der Waals surface area (Å²) >= 11 is 4.57. The molecule has 1 aliphatic heterocycles. The van der Waals surface area contributed by atoms with Gasteiger partial charge < -0.3 is 5.32 Å². The fourth-order valence-corrected chi connectivity index (χ4v) is 5.22. The van der Waals surface area contributed by atoms with Crippen molar-refractivity contribution in [3.8, 4) is 0 Å². The first-order valence-corrected chi connectivity index (χ1v) is 7.54. The molecule has 2 amide bonds. The molecule has 0 radical (unpaired) electrons. The summed E-state index contributed by atoms with van der Waals surface area (Å²) in [6.07, 6.45) is 0. The van der Waals surface area contributed by atoms with Crippen molar-refractivity contribution in [1.29, 1.82) is 0 Å². The lowest BCUT2D eigenvalue weighted by Gasteiger charge is -2.14. The van der Waals surface area contributed by atoms with Crippen molar-refractivity contribution >= 4 is 43.3 Å². The third-order valence-electron chi connectivity index (χ3n) is 2.23. The molecular weight excluding hydrogens is 316 g/mol. The third-order valence-corrected chi connectivity index (χ3v) is 5.82. The topological polar surface area (TPSA) is 66.5 Å². The molecule has 1 fully saturated rings. The van der Waals surface area contributed by atoms with Crippen molar-refractivity contribution in [3.05, 3.63) is 14.7 Å². The predicted octanol–water partition coefficient (Wildman–Crippen LogP) is 1.53. The summed E-state index contributed by atoms with van der Waals surface area (Å²) in [6.45, 7) is 2.27. The van der Waals surface area contributed by atoms with Crippen LogP contribution in [0.3, 0.4) is 0 Å². The molecule has 1 aromatic heterocycles. The number of sulfonamides is 1. The Bertz CT molecular complexity index is 537. The molecule has 1 aliphatic rings. The van der Waals surface area contributed by atoms with Gasteiger partial charge in [0.15, 0.2) is 0 Å². The third kappa shape index (κ3) is 1.85. The van der Waals surface area contributed by atoms with Gasteiger partial charge in [0.25, 0.3) is 10.0 Å². The quantitative estimate of drug-likeness (QED) is 0.897. The molecule has 1 saturated heterocycles. The van der Waals surface area contributed by atoms with E-state index >= 15 is 0 Å². The first-order chi connectivity index (χ1) is 7.43. The summed E-state index contributed by atoms with van der Waals surface area (Å²) in [5.74, 6) is 0. The molecule has 1 N–H and O–H groups in total. The average Bonchev–Trinajstić information content (AvgIpc) is 2.72. The average molecular weight is 325 g/mol. The summed E-state index contributed by atoms with van der Waals surface area (Å²) in [5.41, 5.74) is 0. The zero-order chi connectivity index (χ0) is 11.9. The maximum absolute atomic E-state index is 12.1. The maximum atomic E-state index is 12.1. The second kappa shape index (κ2) is 4.01. The van der Waals surface area contributed by atoms with Crippen LogP contribution in [0, 0.1) is 6.92 Å². The van der Waals surface area contributed by atoms with Gasteiger partial charge in [0.1, 0.15) is 4.90 Å². The SMILES string of the molecule is Cc1sc(Br)cc1S(=O)(=O)N1CCNC1=O. The van der Waals surface area contributed by atoms with E-state index in [0.29, 0.717) is 11.4 Å². The first-order valence-electron chi connectivity index (χ1n) is 4.49. The molecule has 16 heavy (non-hydrogen) atoms. The van der Waals surface area contributed by atoms with Crippen molar-refractivity contribution in [1.82, 2.24) is 9.62 Å². The van der Waals surface area contributed by atoms with Gasteiger partial charge in [0.2, 0.25) is 0 Å². The number of carbonyl (C=O) groups is 1. The maximum Gasteiger partial charge on any atom is 0.331 e. The number of hydrogen-bond donors (Lipinski definition) is 1. The number of nitrogens with one attached hydrogen (secondary N) is 1. The van der Waals surface area contributed by atoms with Gasteiger partial charge in [0.05, 0.1) is 10.3 Å². The van der Waals surface area contributed by atoms with Crippen molar-refractivity contribution in [3.63, 3.8) is 0 Å². The predicted molar refractivity (Wildman–Crippen MR) is 64.0 cm³/mol. The van der Waals surface area contributed by atoms with Gasteiger partial charge in [-0.25, -0.2) is 17.5 Å². The van der Waals surface area contributed by atoms with Gasteiger partial charge in [0, 0.05) is 11.4 Å². The van der Waals surface area contributed by atoms with Crippen LogP contribution >= 0.6 is 27.3 Å². The van der Waals surface area contributed by atoms with Crippen LogP contribution < -0.4 is 5.32 Å². The van der Waals surface area contributed by atoms with E-state index in [0.717, 1.165) is 8.09 Å².